The van der Waals surface area contributed by atoms with E-state index in [2.05, 4.69) is 10.2 Å². The Morgan fingerprint density at radius 2 is 2.38 bits per heavy atom. The number of halogens is 1. The predicted octanol–water partition coefficient (Wildman–Crippen LogP) is 2.81. The molecule has 3 heteroatoms. The summed E-state index contributed by atoms with van der Waals surface area (Å²) in [6.07, 6.45) is 5.75. The van der Waals surface area contributed by atoms with E-state index < -0.39 is 0 Å². The molecule has 0 unspecified atom stereocenters. The van der Waals surface area contributed by atoms with Crippen molar-refractivity contribution in [3.8, 4) is 0 Å². The molecule has 0 atom stereocenters. The Hall–Kier alpha value is -1.28. The van der Waals surface area contributed by atoms with Crippen molar-refractivity contribution in [2.24, 2.45) is 0 Å². The Labute approximate surface area is 81.2 Å². The molecular weight excluding hydrogens is 184 g/mol. The maximum Gasteiger partial charge on any atom is 0.0656 e. The molecule has 0 saturated heterocycles. The summed E-state index contributed by atoms with van der Waals surface area (Å²) in [7, 11) is 0. The van der Waals surface area contributed by atoms with Crippen LogP contribution in [0.1, 0.15) is 5.56 Å². The average molecular weight is 193 g/mol. The van der Waals surface area contributed by atoms with Gasteiger partial charge >= 0.3 is 0 Å². The van der Waals surface area contributed by atoms with Gasteiger partial charge in [0.25, 0.3) is 0 Å². The molecule has 2 aromatic rings. The molecule has 1 aromatic carbocycles. The van der Waals surface area contributed by atoms with Crippen molar-refractivity contribution in [1.29, 1.82) is 0 Å². The Kier molecular flexibility index (Phi) is 2.32. The summed E-state index contributed by atoms with van der Waals surface area (Å²) in [6.45, 7) is 0. The van der Waals surface area contributed by atoms with E-state index in [0.29, 0.717) is 5.88 Å². The van der Waals surface area contributed by atoms with Crippen LogP contribution in [0.2, 0.25) is 0 Å². The zero-order valence-corrected chi connectivity index (χ0v) is 7.75. The topological polar surface area (TPSA) is 28.7 Å². The number of allylic oxidation sites excluding steroid dienone is 1. The minimum atomic E-state index is 0.536. The van der Waals surface area contributed by atoms with Crippen LogP contribution >= 0.6 is 11.6 Å². The molecule has 0 amide bonds. The maximum atomic E-state index is 5.57. The number of nitrogens with one attached hydrogen (secondary N) is 1. The molecule has 0 aliphatic carbocycles. The fraction of sp³-hybridized carbons (Fsp3) is 0.100. The lowest BCUT2D eigenvalue weighted by atomic mass is 10.1. The lowest BCUT2D eigenvalue weighted by Gasteiger charge is -1.94. The normalized spacial score (nSPS) is 11.5. The largest absolute Gasteiger partial charge is 0.278 e. The van der Waals surface area contributed by atoms with Crippen LogP contribution in [-0.4, -0.2) is 16.1 Å². The summed E-state index contributed by atoms with van der Waals surface area (Å²) >= 11 is 5.57. The van der Waals surface area contributed by atoms with E-state index in [4.69, 9.17) is 11.6 Å². The number of H-pyrrole nitrogens is 1. The Balaban J connectivity index is 2.54. The smallest absolute Gasteiger partial charge is 0.0656 e. The minimum absolute atomic E-state index is 0.536. The van der Waals surface area contributed by atoms with Gasteiger partial charge in [0, 0.05) is 11.3 Å². The van der Waals surface area contributed by atoms with E-state index in [0.717, 1.165) is 16.5 Å². The number of hydrogen-bond donors (Lipinski definition) is 1. The van der Waals surface area contributed by atoms with Crippen LogP contribution in [-0.2, 0) is 0 Å². The van der Waals surface area contributed by atoms with Gasteiger partial charge in [0.2, 0.25) is 0 Å². The van der Waals surface area contributed by atoms with Crippen LogP contribution in [0.25, 0.3) is 17.0 Å². The number of benzene rings is 1. The van der Waals surface area contributed by atoms with Crippen molar-refractivity contribution >= 4 is 28.6 Å². The number of nitrogens with zero attached hydrogens (tertiary/aromatic N) is 1. The van der Waals surface area contributed by atoms with Crippen LogP contribution in [0, 0.1) is 0 Å². The third-order valence-corrected chi connectivity index (χ3v) is 2.08. The lowest BCUT2D eigenvalue weighted by molar-refractivity contribution is 1.12. The molecule has 0 aliphatic rings. The highest BCUT2D eigenvalue weighted by molar-refractivity contribution is 6.19. The lowest BCUT2D eigenvalue weighted by Crippen LogP contribution is -1.74. The van der Waals surface area contributed by atoms with Gasteiger partial charge in [-0.1, -0.05) is 24.3 Å². The van der Waals surface area contributed by atoms with Gasteiger partial charge in [-0.3, -0.25) is 5.10 Å². The van der Waals surface area contributed by atoms with Gasteiger partial charge in [-0.15, -0.1) is 11.6 Å². The first-order chi connectivity index (χ1) is 6.42. The molecule has 1 N–H and O–H groups in total. The first-order valence-corrected chi connectivity index (χ1v) is 4.60. The fourth-order valence-electron chi connectivity index (χ4n) is 1.31. The van der Waals surface area contributed by atoms with E-state index in [1.165, 1.54) is 0 Å². The van der Waals surface area contributed by atoms with Gasteiger partial charge in [-0.25, -0.2) is 0 Å². The molecule has 2 nitrogen and oxygen atoms in total. The van der Waals surface area contributed by atoms with Crippen molar-refractivity contribution in [2.75, 3.05) is 5.88 Å². The van der Waals surface area contributed by atoms with Gasteiger partial charge < -0.3 is 0 Å². The van der Waals surface area contributed by atoms with E-state index in [1.807, 2.05) is 36.5 Å². The number of alkyl halides is 1. The molecule has 0 radical (unpaired) electrons. The molecule has 1 aromatic heterocycles. The van der Waals surface area contributed by atoms with Gasteiger partial charge in [0.15, 0.2) is 0 Å². The van der Waals surface area contributed by atoms with Crippen molar-refractivity contribution in [2.45, 2.75) is 0 Å². The van der Waals surface area contributed by atoms with Crippen LogP contribution in [0.4, 0.5) is 0 Å². The molecule has 2 rings (SSSR count). The number of aromatic amines is 1. The summed E-state index contributed by atoms with van der Waals surface area (Å²) < 4.78 is 0. The van der Waals surface area contributed by atoms with E-state index in [9.17, 15) is 0 Å². The standard InChI is InChI=1S/C10H9ClN2/c11-6-2-4-8-3-1-5-10-9(8)7-12-13-10/h1-5,7H,6H2,(H,12,13). The molecule has 0 aliphatic heterocycles. The van der Waals surface area contributed by atoms with Gasteiger partial charge in [0.05, 0.1) is 11.7 Å². The first kappa shape index (κ1) is 8.32. The molecular formula is C10H9ClN2. The highest BCUT2D eigenvalue weighted by Gasteiger charge is 1.97. The molecule has 1 heterocycles. The molecule has 13 heavy (non-hydrogen) atoms. The molecule has 66 valence electrons. The van der Waals surface area contributed by atoms with Gasteiger partial charge in [0.1, 0.15) is 0 Å². The summed E-state index contributed by atoms with van der Waals surface area (Å²) in [5, 5.41) is 8.03. The number of aromatic nitrogens is 2. The van der Waals surface area contributed by atoms with Gasteiger partial charge in [-0.2, -0.15) is 5.10 Å². The third-order valence-electron chi connectivity index (χ3n) is 1.90. The van der Waals surface area contributed by atoms with Crippen LogP contribution < -0.4 is 0 Å². The second-order valence-corrected chi connectivity index (χ2v) is 3.04. The maximum absolute atomic E-state index is 5.57. The van der Waals surface area contributed by atoms with Crippen molar-refractivity contribution in [1.82, 2.24) is 10.2 Å². The third kappa shape index (κ3) is 1.58. The molecule has 0 spiro atoms. The van der Waals surface area contributed by atoms with Crippen LogP contribution in [0.3, 0.4) is 0 Å². The highest BCUT2D eigenvalue weighted by atomic mass is 35.5. The summed E-state index contributed by atoms with van der Waals surface area (Å²) in [5.74, 6) is 0.536. The minimum Gasteiger partial charge on any atom is -0.278 e. The second-order valence-electron chi connectivity index (χ2n) is 2.74. The number of rotatable bonds is 2. The van der Waals surface area contributed by atoms with Crippen LogP contribution in [0.5, 0.6) is 0 Å². The molecule has 0 saturated carbocycles. The predicted molar refractivity (Wildman–Crippen MR) is 55.8 cm³/mol. The summed E-state index contributed by atoms with van der Waals surface area (Å²) in [5.41, 5.74) is 2.20. The zero-order chi connectivity index (χ0) is 9.10. The highest BCUT2D eigenvalue weighted by Crippen LogP contribution is 2.17. The van der Waals surface area contributed by atoms with Crippen molar-refractivity contribution in [3.63, 3.8) is 0 Å². The SMILES string of the molecule is ClCC=Cc1cccc2[nH]ncc12. The fourth-order valence-corrected chi connectivity index (χ4v) is 1.40. The Morgan fingerprint density at radius 1 is 1.46 bits per heavy atom. The number of fused-ring (bicyclic) bond motifs is 1. The van der Waals surface area contributed by atoms with Crippen molar-refractivity contribution < 1.29 is 0 Å². The summed E-state index contributed by atoms with van der Waals surface area (Å²) in [4.78, 5) is 0. The summed E-state index contributed by atoms with van der Waals surface area (Å²) in [6, 6.07) is 6.04. The average Bonchev–Trinajstić information content (AvgIpc) is 2.62. The molecule has 0 bridgehead atoms. The first-order valence-electron chi connectivity index (χ1n) is 4.06. The van der Waals surface area contributed by atoms with E-state index >= 15 is 0 Å². The van der Waals surface area contributed by atoms with Crippen LogP contribution in [0.15, 0.2) is 30.5 Å². The van der Waals surface area contributed by atoms with E-state index in [-0.39, 0.29) is 0 Å². The Morgan fingerprint density at radius 3 is 3.23 bits per heavy atom. The monoisotopic (exact) mass is 192 g/mol. The van der Waals surface area contributed by atoms with E-state index in [1.54, 1.807) is 0 Å². The second kappa shape index (κ2) is 3.62. The Bertz CT molecular complexity index is 431. The molecule has 0 fully saturated rings. The van der Waals surface area contributed by atoms with Gasteiger partial charge in [-0.05, 0) is 11.6 Å². The number of hydrogen-bond acceptors (Lipinski definition) is 1. The zero-order valence-electron chi connectivity index (χ0n) is 7.00. The quantitative estimate of drug-likeness (QED) is 0.729. The van der Waals surface area contributed by atoms with Crippen molar-refractivity contribution in [3.05, 3.63) is 36.0 Å².